The summed E-state index contributed by atoms with van der Waals surface area (Å²) in [6.07, 6.45) is 0. The maximum absolute atomic E-state index is 4.42. The number of fused-ring (bicyclic) bond motifs is 1. The quantitative estimate of drug-likeness (QED) is 0.733. The fourth-order valence-corrected chi connectivity index (χ4v) is 1.66. The maximum Gasteiger partial charge on any atom is 0.103 e. The Labute approximate surface area is 79.1 Å². The highest BCUT2D eigenvalue weighted by Gasteiger charge is 2.05. The van der Waals surface area contributed by atoms with E-state index in [9.17, 15) is 0 Å². The predicted octanol–water partition coefficient (Wildman–Crippen LogP) is 2.94. The van der Waals surface area contributed by atoms with E-state index >= 15 is 0 Å². The lowest BCUT2D eigenvalue weighted by Crippen LogP contribution is -1.79. The number of hydrogen-bond acceptors (Lipinski definition) is 1. The third-order valence-electron chi connectivity index (χ3n) is 1.89. The van der Waals surface area contributed by atoms with Crippen molar-refractivity contribution < 1.29 is 0 Å². The Hall–Kier alpha value is -0.830. The minimum atomic E-state index is 1.02. The minimum absolute atomic E-state index is 1.02. The zero-order valence-electron chi connectivity index (χ0n) is 6.98. The van der Waals surface area contributed by atoms with Crippen LogP contribution in [0.4, 0.5) is 0 Å². The molecule has 0 aliphatic carbocycles. The summed E-state index contributed by atoms with van der Waals surface area (Å²) in [7, 11) is 0. The van der Waals surface area contributed by atoms with Crippen LogP contribution < -0.4 is 0 Å². The van der Waals surface area contributed by atoms with E-state index in [0.29, 0.717) is 0 Å². The number of nitrogens with zero attached hydrogens (tertiary/aromatic N) is 1. The summed E-state index contributed by atoms with van der Waals surface area (Å²) in [5.74, 6) is 0. The lowest BCUT2D eigenvalue weighted by atomic mass is 10.3. The van der Waals surface area contributed by atoms with Gasteiger partial charge in [0.25, 0.3) is 0 Å². The van der Waals surface area contributed by atoms with Crippen molar-refractivity contribution in [1.29, 1.82) is 0 Å². The van der Waals surface area contributed by atoms with Crippen LogP contribution >= 0.6 is 15.9 Å². The maximum atomic E-state index is 4.42. The third-order valence-corrected chi connectivity index (χ3v) is 2.86. The largest absolute Gasteiger partial charge is 0.356 e. The second-order valence-electron chi connectivity index (χ2n) is 2.91. The van der Waals surface area contributed by atoms with Crippen molar-refractivity contribution >= 4 is 27.0 Å². The molecule has 0 aliphatic heterocycles. The zero-order chi connectivity index (χ0) is 8.72. The molecule has 2 aromatic rings. The molecule has 12 heavy (non-hydrogen) atoms. The van der Waals surface area contributed by atoms with Crippen LogP contribution in [0.25, 0.3) is 11.0 Å². The third kappa shape index (κ3) is 1.05. The Kier molecular flexibility index (Phi) is 1.68. The van der Waals surface area contributed by atoms with Gasteiger partial charge in [-0.05, 0) is 41.9 Å². The Bertz CT molecular complexity index is 431. The molecule has 0 aliphatic rings. The smallest absolute Gasteiger partial charge is 0.103 e. The number of aromatic amines is 1. The van der Waals surface area contributed by atoms with Crippen LogP contribution in [0.1, 0.15) is 11.4 Å². The number of pyridine rings is 1. The molecule has 0 spiro atoms. The van der Waals surface area contributed by atoms with E-state index in [2.05, 4.69) is 32.0 Å². The molecule has 0 fully saturated rings. The average molecular weight is 225 g/mol. The first kappa shape index (κ1) is 7.80. The predicted molar refractivity (Wildman–Crippen MR) is 53.3 cm³/mol. The Balaban J connectivity index is 2.88. The van der Waals surface area contributed by atoms with Gasteiger partial charge in [0.2, 0.25) is 0 Å². The fourth-order valence-electron chi connectivity index (χ4n) is 1.26. The van der Waals surface area contributed by atoms with Gasteiger partial charge in [-0.1, -0.05) is 0 Å². The van der Waals surface area contributed by atoms with Gasteiger partial charge in [0.15, 0.2) is 0 Å². The molecule has 0 aromatic carbocycles. The van der Waals surface area contributed by atoms with Crippen molar-refractivity contribution in [3.63, 3.8) is 0 Å². The zero-order valence-corrected chi connectivity index (χ0v) is 8.57. The number of aryl methyl sites for hydroxylation is 2. The summed E-state index contributed by atoms with van der Waals surface area (Å²) in [4.78, 5) is 7.66. The molecule has 0 radical (unpaired) electrons. The number of hydrogen-bond donors (Lipinski definition) is 1. The molecule has 2 aromatic heterocycles. The highest BCUT2D eigenvalue weighted by molar-refractivity contribution is 9.10. The topological polar surface area (TPSA) is 28.7 Å². The van der Waals surface area contributed by atoms with E-state index in [1.807, 2.05) is 19.9 Å². The summed E-state index contributed by atoms with van der Waals surface area (Å²) in [6.45, 7) is 4.02. The normalized spacial score (nSPS) is 10.9. The van der Waals surface area contributed by atoms with Crippen molar-refractivity contribution in [1.82, 2.24) is 9.97 Å². The average Bonchev–Trinajstić information content (AvgIpc) is 2.31. The number of nitrogens with one attached hydrogen (secondary N) is 1. The monoisotopic (exact) mass is 224 g/mol. The summed E-state index contributed by atoms with van der Waals surface area (Å²) in [5, 5.41) is 0. The Morgan fingerprint density at radius 2 is 2.08 bits per heavy atom. The standard InChI is InChI=1S/C9H9BrN2/c1-5-3-4-7-9(11-5)8(10)6(2)12-7/h3-4,12H,1-2H3. The molecule has 0 saturated carbocycles. The molecule has 1 N–H and O–H groups in total. The Morgan fingerprint density at radius 1 is 1.33 bits per heavy atom. The molecule has 3 heteroatoms. The van der Waals surface area contributed by atoms with Gasteiger partial charge in [-0.3, -0.25) is 4.98 Å². The summed E-state index contributed by atoms with van der Waals surface area (Å²) < 4.78 is 1.07. The molecule has 2 heterocycles. The molecule has 62 valence electrons. The van der Waals surface area contributed by atoms with E-state index in [4.69, 9.17) is 0 Å². The van der Waals surface area contributed by atoms with Gasteiger partial charge in [0.1, 0.15) is 5.52 Å². The number of aromatic nitrogens is 2. The first-order valence-corrected chi connectivity index (χ1v) is 4.59. The fraction of sp³-hybridized carbons (Fsp3) is 0.222. The highest BCUT2D eigenvalue weighted by atomic mass is 79.9. The molecule has 0 unspecified atom stereocenters. The molecule has 0 saturated heterocycles. The highest BCUT2D eigenvalue weighted by Crippen LogP contribution is 2.25. The minimum Gasteiger partial charge on any atom is -0.356 e. The second kappa shape index (κ2) is 2.59. The van der Waals surface area contributed by atoms with Crippen LogP contribution in [0.15, 0.2) is 16.6 Å². The number of H-pyrrole nitrogens is 1. The molecule has 2 nitrogen and oxygen atoms in total. The van der Waals surface area contributed by atoms with E-state index in [1.54, 1.807) is 0 Å². The van der Waals surface area contributed by atoms with Crippen molar-refractivity contribution in [2.24, 2.45) is 0 Å². The van der Waals surface area contributed by atoms with Gasteiger partial charge in [-0.2, -0.15) is 0 Å². The first-order valence-electron chi connectivity index (χ1n) is 3.80. The van der Waals surface area contributed by atoms with Gasteiger partial charge < -0.3 is 4.98 Å². The van der Waals surface area contributed by atoms with E-state index in [-0.39, 0.29) is 0 Å². The van der Waals surface area contributed by atoms with Crippen LogP contribution in [0.2, 0.25) is 0 Å². The SMILES string of the molecule is Cc1ccc2[nH]c(C)c(Br)c2n1. The van der Waals surface area contributed by atoms with Crippen LogP contribution in [-0.4, -0.2) is 9.97 Å². The summed E-state index contributed by atoms with van der Waals surface area (Å²) in [6, 6.07) is 4.06. The molecule has 0 amide bonds. The van der Waals surface area contributed by atoms with E-state index in [0.717, 1.165) is 26.9 Å². The van der Waals surface area contributed by atoms with Crippen molar-refractivity contribution in [2.75, 3.05) is 0 Å². The number of rotatable bonds is 0. The summed E-state index contributed by atoms with van der Waals surface area (Å²) >= 11 is 3.49. The van der Waals surface area contributed by atoms with E-state index < -0.39 is 0 Å². The molecule has 0 bridgehead atoms. The van der Waals surface area contributed by atoms with Crippen molar-refractivity contribution in [3.8, 4) is 0 Å². The van der Waals surface area contributed by atoms with Gasteiger partial charge in [0, 0.05) is 11.4 Å². The van der Waals surface area contributed by atoms with E-state index in [1.165, 1.54) is 0 Å². The molecular weight excluding hydrogens is 216 g/mol. The van der Waals surface area contributed by atoms with Gasteiger partial charge in [0.05, 0.1) is 9.99 Å². The van der Waals surface area contributed by atoms with Gasteiger partial charge >= 0.3 is 0 Å². The Morgan fingerprint density at radius 3 is 2.83 bits per heavy atom. The lowest BCUT2D eigenvalue weighted by Gasteiger charge is -1.91. The van der Waals surface area contributed by atoms with Crippen LogP contribution in [0, 0.1) is 13.8 Å². The second-order valence-corrected chi connectivity index (χ2v) is 3.71. The van der Waals surface area contributed by atoms with Crippen molar-refractivity contribution in [2.45, 2.75) is 13.8 Å². The van der Waals surface area contributed by atoms with Gasteiger partial charge in [-0.15, -0.1) is 0 Å². The summed E-state index contributed by atoms with van der Waals surface area (Å²) in [5.41, 5.74) is 4.28. The van der Waals surface area contributed by atoms with Gasteiger partial charge in [-0.25, -0.2) is 0 Å². The van der Waals surface area contributed by atoms with Crippen LogP contribution in [0.3, 0.4) is 0 Å². The van der Waals surface area contributed by atoms with Crippen LogP contribution in [0.5, 0.6) is 0 Å². The lowest BCUT2D eigenvalue weighted by molar-refractivity contribution is 1.25. The van der Waals surface area contributed by atoms with Crippen LogP contribution in [-0.2, 0) is 0 Å². The first-order chi connectivity index (χ1) is 5.68. The molecular formula is C9H9BrN2. The molecule has 2 rings (SSSR count). The molecule has 0 atom stereocenters. The number of halogens is 1. The van der Waals surface area contributed by atoms with Crippen molar-refractivity contribution in [3.05, 3.63) is 28.0 Å².